The Hall–Kier alpha value is -0.0800. The predicted molar refractivity (Wildman–Crippen MR) is 64.7 cm³/mol. The Labute approximate surface area is 89.9 Å². The van der Waals surface area contributed by atoms with Crippen LogP contribution < -0.4 is 10.6 Å². The number of hydrogen-bond acceptors (Lipinski definition) is 2. The van der Waals surface area contributed by atoms with Gasteiger partial charge in [0.25, 0.3) is 0 Å². The van der Waals surface area contributed by atoms with Crippen molar-refractivity contribution in [1.82, 2.24) is 10.6 Å². The topological polar surface area (TPSA) is 24.1 Å². The molecule has 1 fully saturated rings. The van der Waals surface area contributed by atoms with Crippen LogP contribution in [0.1, 0.15) is 53.4 Å². The van der Waals surface area contributed by atoms with Crippen LogP contribution in [0.3, 0.4) is 0 Å². The SMILES string of the molecule is CC.CCCC1CNCC(CCC)N1. The molecular weight excluding hydrogens is 172 g/mol. The van der Waals surface area contributed by atoms with Gasteiger partial charge in [-0.25, -0.2) is 0 Å². The largest absolute Gasteiger partial charge is 0.314 e. The lowest BCUT2D eigenvalue weighted by molar-refractivity contribution is 0.311. The molecule has 1 saturated heterocycles. The molecule has 0 aromatic rings. The minimum absolute atomic E-state index is 0.722. The molecule has 0 spiro atoms. The number of hydrogen-bond donors (Lipinski definition) is 2. The molecule has 14 heavy (non-hydrogen) atoms. The second-order valence-electron chi connectivity index (χ2n) is 3.80. The standard InChI is InChI=1S/C10H22N2.C2H6/c1-3-5-9-7-11-8-10(12-9)6-4-2;1-2/h9-12H,3-8H2,1-2H3;1-2H3. The fourth-order valence-electron chi connectivity index (χ4n) is 1.95. The van der Waals surface area contributed by atoms with Gasteiger partial charge in [0.15, 0.2) is 0 Å². The van der Waals surface area contributed by atoms with Gasteiger partial charge in [0.05, 0.1) is 0 Å². The molecule has 0 bridgehead atoms. The summed E-state index contributed by atoms with van der Waals surface area (Å²) in [5.41, 5.74) is 0. The summed E-state index contributed by atoms with van der Waals surface area (Å²) >= 11 is 0. The van der Waals surface area contributed by atoms with Crippen LogP contribution in [0.5, 0.6) is 0 Å². The van der Waals surface area contributed by atoms with Gasteiger partial charge in [-0.1, -0.05) is 40.5 Å². The second kappa shape index (κ2) is 9.47. The van der Waals surface area contributed by atoms with Crippen LogP contribution in [0.25, 0.3) is 0 Å². The van der Waals surface area contributed by atoms with Gasteiger partial charge in [-0.2, -0.15) is 0 Å². The van der Waals surface area contributed by atoms with E-state index < -0.39 is 0 Å². The van der Waals surface area contributed by atoms with Gasteiger partial charge >= 0.3 is 0 Å². The number of piperazine rings is 1. The van der Waals surface area contributed by atoms with E-state index in [0.717, 1.165) is 25.2 Å². The van der Waals surface area contributed by atoms with Crippen LogP contribution in [0.15, 0.2) is 0 Å². The Morgan fingerprint density at radius 3 is 1.71 bits per heavy atom. The highest BCUT2D eigenvalue weighted by molar-refractivity contribution is 4.82. The molecule has 2 nitrogen and oxygen atoms in total. The molecule has 1 heterocycles. The highest BCUT2D eigenvalue weighted by Gasteiger charge is 2.18. The van der Waals surface area contributed by atoms with Gasteiger partial charge in [-0.05, 0) is 12.8 Å². The summed E-state index contributed by atoms with van der Waals surface area (Å²) in [6.07, 6.45) is 5.21. The summed E-state index contributed by atoms with van der Waals surface area (Å²) in [7, 11) is 0. The molecular formula is C12H28N2. The van der Waals surface area contributed by atoms with Crippen molar-refractivity contribution in [2.24, 2.45) is 0 Å². The Kier molecular flexibility index (Phi) is 9.42. The average molecular weight is 200 g/mol. The average Bonchev–Trinajstić information content (AvgIpc) is 2.22. The van der Waals surface area contributed by atoms with E-state index >= 15 is 0 Å². The van der Waals surface area contributed by atoms with Crippen LogP contribution in [0.4, 0.5) is 0 Å². The summed E-state index contributed by atoms with van der Waals surface area (Å²) in [4.78, 5) is 0. The Morgan fingerprint density at radius 2 is 1.36 bits per heavy atom. The molecule has 2 heteroatoms. The van der Waals surface area contributed by atoms with Crippen LogP contribution in [0.2, 0.25) is 0 Å². The van der Waals surface area contributed by atoms with Gasteiger partial charge in [-0.15, -0.1) is 0 Å². The zero-order chi connectivity index (χ0) is 10.8. The molecule has 2 N–H and O–H groups in total. The van der Waals surface area contributed by atoms with Crippen molar-refractivity contribution in [3.05, 3.63) is 0 Å². The molecule has 1 aliphatic rings. The molecule has 2 atom stereocenters. The van der Waals surface area contributed by atoms with Gasteiger partial charge in [-0.3, -0.25) is 0 Å². The van der Waals surface area contributed by atoms with Crippen LogP contribution in [-0.4, -0.2) is 25.2 Å². The minimum atomic E-state index is 0.722. The Balaban J connectivity index is 0.000000791. The molecule has 0 saturated carbocycles. The fourth-order valence-corrected chi connectivity index (χ4v) is 1.95. The van der Waals surface area contributed by atoms with Crippen molar-refractivity contribution in [2.75, 3.05) is 13.1 Å². The fraction of sp³-hybridized carbons (Fsp3) is 1.00. The summed E-state index contributed by atoms with van der Waals surface area (Å²) in [6.45, 7) is 10.8. The van der Waals surface area contributed by atoms with Crippen molar-refractivity contribution in [1.29, 1.82) is 0 Å². The normalized spacial score (nSPS) is 26.6. The van der Waals surface area contributed by atoms with E-state index in [9.17, 15) is 0 Å². The molecule has 0 aliphatic carbocycles. The quantitative estimate of drug-likeness (QED) is 0.729. The monoisotopic (exact) mass is 200 g/mol. The number of rotatable bonds is 4. The first-order valence-electron chi connectivity index (χ1n) is 6.33. The Morgan fingerprint density at radius 1 is 0.929 bits per heavy atom. The molecule has 86 valence electrons. The molecule has 2 unspecified atom stereocenters. The summed E-state index contributed by atoms with van der Waals surface area (Å²) in [5, 5.41) is 7.18. The van der Waals surface area contributed by atoms with Crippen molar-refractivity contribution in [3.8, 4) is 0 Å². The van der Waals surface area contributed by atoms with Gasteiger partial charge in [0.1, 0.15) is 0 Å². The first-order chi connectivity index (χ1) is 6.86. The molecule has 0 amide bonds. The molecule has 0 aromatic heterocycles. The van der Waals surface area contributed by atoms with Crippen molar-refractivity contribution >= 4 is 0 Å². The van der Waals surface area contributed by atoms with E-state index in [1.807, 2.05) is 13.8 Å². The first kappa shape index (κ1) is 13.9. The van der Waals surface area contributed by atoms with Gasteiger partial charge in [0.2, 0.25) is 0 Å². The lowest BCUT2D eigenvalue weighted by atomic mass is 10.0. The lowest BCUT2D eigenvalue weighted by Gasteiger charge is -2.31. The van der Waals surface area contributed by atoms with E-state index in [1.54, 1.807) is 0 Å². The van der Waals surface area contributed by atoms with Crippen LogP contribution >= 0.6 is 0 Å². The van der Waals surface area contributed by atoms with E-state index in [-0.39, 0.29) is 0 Å². The van der Waals surface area contributed by atoms with Crippen LogP contribution in [0, 0.1) is 0 Å². The summed E-state index contributed by atoms with van der Waals surface area (Å²) in [5.74, 6) is 0. The van der Waals surface area contributed by atoms with Crippen molar-refractivity contribution in [3.63, 3.8) is 0 Å². The maximum atomic E-state index is 3.69. The Bertz CT molecular complexity index is 98.9. The molecule has 0 radical (unpaired) electrons. The van der Waals surface area contributed by atoms with Gasteiger partial charge < -0.3 is 10.6 Å². The summed E-state index contributed by atoms with van der Waals surface area (Å²) in [6, 6.07) is 1.44. The maximum Gasteiger partial charge on any atom is 0.0195 e. The predicted octanol–water partition coefficient (Wildman–Crippen LogP) is 2.54. The first-order valence-corrected chi connectivity index (χ1v) is 6.33. The van der Waals surface area contributed by atoms with Gasteiger partial charge in [0, 0.05) is 25.2 Å². The van der Waals surface area contributed by atoms with E-state index in [1.165, 1.54) is 25.7 Å². The smallest absolute Gasteiger partial charge is 0.0195 e. The second-order valence-corrected chi connectivity index (χ2v) is 3.80. The summed E-state index contributed by atoms with van der Waals surface area (Å²) < 4.78 is 0. The third-order valence-corrected chi connectivity index (χ3v) is 2.53. The highest BCUT2D eigenvalue weighted by atomic mass is 15.1. The van der Waals surface area contributed by atoms with E-state index in [4.69, 9.17) is 0 Å². The molecule has 1 rings (SSSR count). The van der Waals surface area contributed by atoms with Crippen molar-refractivity contribution < 1.29 is 0 Å². The maximum absolute atomic E-state index is 3.69. The molecule has 0 aromatic carbocycles. The van der Waals surface area contributed by atoms with E-state index in [0.29, 0.717) is 0 Å². The highest BCUT2D eigenvalue weighted by Crippen LogP contribution is 2.05. The van der Waals surface area contributed by atoms with E-state index in [2.05, 4.69) is 24.5 Å². The number of nitrogens with one attached hydrogen (secondary N) is 2. The van der Waals surface area contributed by atoms with Crippen LogP contribution in [-0.2, 0) is 0 Å². The van der Waals surface area contributed by atoms with Crippen molar-refractivity contribution in [2.45, 2.75) is 65.5 Å². The third kappa shape index (κ3) is 5.61. The zero-order valence-corrected chi connectivity index (χ0v) is 10.4. The third-order valence-electron chi connectivity index (χ3n) is 2.53. The zero-order valence-electron chi connectivity index (χ0n) is 10.4. The lowest BCUT2D eigenvalue weighted by Crippen LogP contribution is -2.54. The minimum Gasteiger partial charge on any atom is -0.314 e. The molecule has 1 aliphatic heterocycles.